The first kappa shape index (κ1) is 17.9. The molecule has 0 aliphatic heterocycles. The normalized spacial score (nSPS) is 10.9. The number of amides is 1. The van der Waals surface area contributed by atoms with Crippen LogP contribution in [-0.2, 0) is 18.3 Å². The summed E-state index contributed by atoms with van der Waals surface area (Å²) in [5, 5.41) is 4.18. The Hall–Kier alpha value is -2.86. The van der Waals surface area contributed by atoms with Gasteiger partial charge in [-0.15, -0.1) is 0 Å². The van der Waals surface area contributed by atoms with Crippen molar-refractivity contribution in [1.29, 1.82) is 0 Å². The van der Waals surface area contributed by atoms with Gasteiger partial charge in [-0.05, 0) is 13.0 Å². The number of carbonyl (C=O) groups excluding carboxylic acids is 1. The summed E-state index contributed by atoms with van der Waals surface area (Å²) < 4.78 is 12.7. The maximum Gasteiger partial charge on any atom is 0.258 e. The standard InChI is InChI=1S/C20H23N3O3/c1-15-11-18(19(26-15)17-7-5-4-6-8-17)20(24)23(9-10-25-3)14-16-12-21-22(2)13-16/h4-8,11-13H,9-10,14H2,1-3H3. The number of nitrogens with zero attached hydrogens (tertiary/aromatic N) is 3. The lowest BCUT2D eigenvalue weighted by Crippen LogP contribution is -2.33. The summed E-state index contributed by atoms with van der Waals surface area (Å²) in [6, 6.07) is 11.5. The Kier molecular flexibility index (Phi) is 5.53. The Morgan fingerprint density at radius 1 is 1.31 bits per heavy atom. The molecule has 136 valence electrons. The Labute approximate surface area is 153 Å². The van der Waals surface area contributed by atoms with Crippen LogP contribution in [0.1, 0.15) is 21.7 Å². The van der Waals surface area contributed by atoms with Crippen LogP contribution in [0, 0.1) is 6.92 Å². The molecule has 0 fully saturated rings. The predicted octanol–water partition coefficient (Wildman–Crippen LogP) is 3.28. The summed E-state index contributed by atoms with van der Waals surface area (Å²) in [5.74, 6) is 1.23. The Morgan fingerprint density at radius 3 is 2.73 bits per heavy atom. The van der Waals surface area contributed by atoms with Gasteiger partial charge in [0, 0.05) is 44.6 Å². The van der Waals surface area contributed by atoms with Gasteiger partial charge in [-0.25, -0.2) is 0 Å². The minimum atomic E-state index is -0.0818. The van der Waals surface area contributed by atoms with E-state index in [0.717, 1.165) is 11.1 Å². The molecular weight excluding hydrogens is 330 g/mol. The molecule has 0 aliphatic carbocycles. The topological polar surface area (TPSA) is 60.5 Å². The van der Waals surface area contributed by atoms with Gasteiger partial charge in [0.15, 0.2) is 0 Å². The zero-order chi connectivity index (χ0) is 18.5. The lowest BCUT2D eigenvalue weighted by atomic mass is 10.1. The minimum absolute atomic E-state index is 0.0818. The monoisotopic (exact) mass is 353 g/mol. The molecule has 0 saturated carbocycles. The van der Waals surface area contributed by atoms with E-state index in [1.807, 2.05) is 50.5 Å². The number of furan rings is 1. The fourth-order valence-corrected chi connectivity index (χ4v) is 2.88. The van der Waals surface area contributed by atoms with Gasteiger partial charge in [-0.2, -0.15) is 5.10 Å². The van der Waals surface area contributed by atoms with E-state index >= 15 is 0 Å². The number of hydrogen-bond donors (Lipinski definition) is 0. The first-order valence-corrected chi connectivity index (χ1v) is 8.50. The number of rotatable bonds is 7. The molecule has 0 N–H and O–H groups in total. The van der Waals surface area contributed by atoms with Crippen molar-refractivity contribution in [2.24, 2.45) is 7.05 Å². The first-order chi connectivity index (χ1) is 12.6. The lowest BCUT2D eigenvalue weighted by molar-refractivity contribution is 0.0680. The summed E-state index contributed by atoms with van der Waals surface area (Å²) in [4.78, 5) is 15.0. The summed E-state index contributed by atoms with van der Waals surface area (Å²) in [6.45, 7) is 3.27. The fraction of sp³-hybridized carbons (Fsp3) is 0.300. The van der Waals surface area contributed by atoms with E-state index in [9.17, 15) is 4.79 Å². The highest BCUT2D eigenvalue weighted by Gasteiger charge is 2.23. The van der Waals surface area contributed by atoms with Crippen molar-refractivity contribution in [2.75, 3.05) is 20.3 Å². The van der Waals surface area contributed by atoms with E-state index in [4.69, 9.17) is 9.15 Å². The molecule has 0 radical (unpaired) electrons. The molecule has 1 aromatic carbocycles. The van der Waals surface area contributed by atoms with Gasteiger partial charge < -0.3 is 14.1 Å². The van der Waals surface area contributed by atoms with Crippen LogP contribution < -0.4 is 0 Å². The first-order valence-electron chi connectivity index (χ1n) is 8.50. The second-order valence-corrected chi connectivity index (χ2v) is 6.21. The van der Waals surface area contributed by atoms with Gasteiger partial charge in [-0.3, -0.25) is 9.48 Å². The predicted molar refractivity (Wildman–Crippen MR) is 98.7 cm³/mol. The second kappa shape index (κ2) is 8.01. The number of hydrogen-bond acceptors (Lipinski definition) is 4. The van der Waals surface area contributed by atoms with E-state index in [2.05, 4.69) is 5.10 Å². The number of methoxy groups -OCH3 is 1. The molecule has 0 saturated heterocycles. The van der Waals surface area contributed by atoms with Crippen LogP contribution in [0.25, 0.3) is 11.3 Å². The van der Waals surface area contributed by atoms with Crippen LogP contribution >= 0.6 is 0 Å². The summed E-state index contributed by atoms with van der Waals surface area (Å²) in [7, 11) is 3.49. The smallest absolute Gasteiger partial charge is 0.258 e. The molecule has 6 heteroatoms. The molecule has 0 spiro atoms. The summed E-state index contributed by atoms with van der Waals surface area (Å²) in [6.07, 6.45) is 3.68. The van der Waals surface area contributed by atoms with E-state index in [0.29, 0.717) is 36.8 Å². The molecule has 1 amide bonds. The SMILES string of the molecule is COCCN(Cc1cnn(C)c1)C(=O)c1cc(C)oc1-c1ccccc1. The minimum Gasteiger partial charge on any atom is -0.461 e. The highest BCUT2D eigenvalue weighted by Crippen LogP contribution is 2.28. The van der Waals surface area contributed by atoms with E-state index in [-0.39, 0.29) is 5.91 Å². The Bertz CT molecular complexity index is 868. The highest BCUT2D eigenvalue weighted by atomic mass is 16.5. The number of ether oxygens (including phenoxy) is 1. The van der Waals surface area contributed by atoms with Gasteiger partial charge in [0.25, 0.3) is 5.91 Å². The van der Waals surface area contributed by atoms with E-state index in [1.54, 1.807) is 29.0 Å². The van der Waals surface area contributed by atoms with Crippen molar-refractivity contribution in [3.05, 3.63) is 65.7 Å². The Morgan fingerprint density at radius 2 is 2.08 bits per heavy atom. The largest absolute Gasteiger partial charge is 0.461 e. The fourth-order valence-electron chi connectivity index (χ4n) is 2.88. The van der Waals surface area contributed by atoms with Crippen LogP contribution in [0.2, 0.25) is 0 Å². The maximum absolute atomic E-state index is 13.3. The molecule has 2 heterocycles. The third-order valence-corrected chi connectivity index (χ3v) is 4.11. The van der Waals surface area contributed by atoms with Gasteiger partial charge in [0.2, 0.25) is 0 Å². The van der Waals surface area contributed by atoms with Gasteiger partial charge in [0.1, 0.15) is 11.5 Å². The molecule has 0 atom stereocenters. The molecule has 0 bridgehead atoms. The van der Waals surface area contributed by atoms with Crippen molar-refractivity contribution < 1.29 is 13.9 Å². The number of aryl methyl sites for hydroxylation is 2. The maximum atomic E-state index is 13.3. The van der Waals surface area contributed by atoms with Crippen molar-refractivity contribution in [2.45, 2.75) is 13.5 Å². The van der Waals surface area contributed by atoms with Crippen LogP contribution in [0.3, 0.4) is 0 Å². The van der Waals surface area contributed by atoms with Crippen LogP contribution in [0.15, 0.2) is 53.2 Å². The number of carbonyl (C=O) groups is 1. The van der Waals surface area contributed by atoms with Crippen molar-refractivity contribution >= 4 is 5.91 Å². The number of benzene rings is 1. The molecule has 26 heavy (non-hydrogen) atoms. The quantitative estimate of drug-likeness (QED) is 0.654. The van der Waals surface area contributed by atoms with Gasteiger partial charge in [-0.1, -0.05) is 30.3 Å². The molecular formula is C20H23N3O3. The van der Waals surface area contributed by atoms with Crippen molar-refractivity contribution in [1.82, 2.24) is 14.7 Å². The zero-order valence-electron chi connectivity index (χ0n) is 15.3. The summed E-state index contributed by atoms with van der Waals surface area (Å²) in [5.41, 5.74) is 2.42. The molecule has 6 nitrogen and oxygen atoms in total. The van der Waals surface area contributed by atoms with Crippen LogP contribution in [0.4, 0.5) is 0 Å². The Balaban J connectivity index is 1.91. The second-order valence-electron chi connectivity index (χ2n) is 6.21. The molecule has 0 aliphatic rings. The van der Waals surface area contributed by atoms with E-state index < -0.39 is 0 Å². The van der Waals surface area contributed by atoms with Crippen molar-refractivity contribution in [3.63, 3.8) is 0 Å². The van der Waals surface area contributed by atoms with Crippen molar-refractivity contribution in [3.8, 4) is 11.3 Å². The van der Waals surface area contributed by atoms with Gasteiger partial charge >= 0.3 is 0 Å². The molecule has 3 rings (SSSR count). The van der Waals surface area contributed by atoms with Gasteiger partial charge in [0.05, 0.1) is 18.4 Å². The summed E-state index contributed by atoms with van der Waals surface area (Å²) >= 11 is 0. The molecule has 3 aromatic rings. The third kappa shape index (κ3) is 4.03. The average Bonchev–Trinajstić information content (AvgIpc) is 3.24. The highest BCUT2D eigenvalue weighted by molar-refractivity contribution is 5.99. The number of aromatic nitrogens is 2. The van der Waals surface area contributed by atoms with E-state index in [1.165, 1.54) is 0 Å². The molecule has 2 aromatic heterocycles. The molecule has 0 unspecified atom stereocenters. The lowest BCUT2D eigenvalue weighted by Gasteiger charge is -2.21. The van der Waals surface area contributed by atoms with Crippen LogP contribution in [0.5, 0.6) is 0 Å². The average molecular weight is 353 g/mol. The van der Waals surface area contributed by atoms with Crippen LogP contribution in [-0.4, -0.2) is 40.8 Å². The third-order valence-electron chi connectivity index (χ3n) is 4.11. The zero-order valence-corrected chi connectivity index (χ0v) is 15.3.